The summed E-state index contributed by atoms with van der Waals surface area (Å²) in [6.45, 7) is 8.27. The highest BCUT2D eigenvalue weighted by Crippen LogP contribution is 2.29. The minimum atomic E-state index is -0.427. The molecule has 0 radical (unpaired) electrons. The average Bonchev–Trinajstić information content (AvgIpc) is 3.34. The number of furan rings is 1. The molecule has 1 aliphatic heterocycles. The molecule has 1 N–H and O–H groups in total. The van der Waals surface area contributed by atoms with Gasteiger partial charge in [-0.1, -0.05) is 6.92 Å². The Balaban J connectivity index is 1.53. The maximum atomic E-state index is 12.6. The standard InChI is InChI=1S/C21H27N3O5S/c1-4-15-12-16(21(27)28-5-2)19(30-15)22-18(25)13-23-8-10-24(11-9-23)20(26)17-7-6-14(3)29-17/h6-7,12H,4-5,8-11,13H2,1-3H3,(H,22,25). The highest BCUT2D eigenvalue weighted by Gasteiger charge is 2.26. The number of esters is 1. The lowest BCUT2D eigenvalue weighted by molar-refractivity contribution is -0.117. The van der Waals surface area contributed by atoms with Gasteiger partial charge in [0.25, 0.3) is 5.91 Å². The van der Waals surface area contributed by atoms with Gasteiger partial charge in [0.05, 0.1) is 18.7 Å². The van der Waals surface area contributed by atoms with Crippen molar-refractivity contribution in [2.24, 2.45) is 0 Å². The van der Waals surface area contributed by atoms with Gasteiger partial charge < -0.3 is 19.4 Å². The van der Waals surface area contributed by atoms with Gasteiger partial charge in [-0.2, -0.15) is 0 Å². The topological polar surface area (TPSA) is 92.1 Å². The van der Waals surface area contributed by atoms with Crippen molar-refractivity contribution >= 4 is 34.1 Å². The zero-order valence-electron chi connectivity index (χ0n) is 17.5. The molecule has 1 fully saturated rings. The van der Waals surface area contributed by atoms with Crippen LogP contribution < -0.4 is 5.32 Å². The molecule has 0 spiro atoms. The van der Waals surface area contributed by atoms with E-state index in [1.54, 1.807) is 36.9 Å². The average molecular weight is 434 g/mol. The third-order valence-electron chi connectivity index (χ3n) is 4.86. The van der Waals surface area contributed by atoms with Crippen LogP contribution in [0.1, 0.15) is 45.4 Å². The van der Waals surface area contributed by atoms with Crippen molar-refractivity contribution in [3.8, 4) is 0 Å². The number of thiophene rings is 1. The molecule has 9 heteroatoms. The summed E-state index contributed by atoms with van der Waals surface area (Å²) in [4.78, 5) is 41.9. The lowest BCUT2D eigenvalue weighted by atomic mass is 10.2. The second-order valence-electron chi connectivity index (χ2n) is 7.06. The number of carbonyl (C=O) groups is 3. The molecule has 0 aliphatic carbocycles. The van der Waals surface area contributed by atoms with Crippen LogP contribution in [0.5, 0.6) is 0 Å². The van der Waals surface area contributed by atoms with E-state index in [1.807, 2.05) is 11.8 Å². The fourth-order valence-electron chi connectivity index (χ4n) is 3.25. The Hall–Kier alpha value is -2.65. The van der Waals surface area contributed by atoms with Crippen molar-refractivity contribution in [3.05, 3.63) is 40.2 Å². The van der Waals surface area contributed by atoms with E-state index in [1.165, 1.54) is 11.3 Å². The van der Waals surface area contributed by atoms with Gasteiger partial charge in [-0.05, 0) is 38.5 Å². The predicted octanol–water partition coefficient (Wildman–Crippen LogP) is 2.79. The number of carbonyl (C=O) groups excluding carboxylic acids is 3. The number of rotatable bonds is 7. The first-order chi connectivity index (χ1) is 14.4. The van der Waals surface area contributed by atoms with E-state index in [0.717, 1.165) is 11.3 Å². The van der Waals surface area contributed by atoms with E-state index in [9.17, 15) is 14.4 Å². The van der Waals surface area contributed by atoms with Crippen LogP contribution in [-0.4, -0.2) is 66.9 Å². The number of aryl methyl sites for hydroxylation is 2. The summed E-state index contributed by atoms with van der Waals surface area (Å²) in [6.07, 6.45) is 0.776. The monoisotopic (exact) mass is 433 g/mol. The number of ether oxygens (including phenoxy) is 1. The van der Waals surface area contributed by atoms with Gasteiger partial charge in [-0.15, -0.1) is 11.3 Å². The number of nitrogens with one attached hydrogen (secondary N) is 1. The first kappa shape index (κ1) is 22.0. The van der Waals surface area contributed by atoms with Gasteiger partial charge in [0.15, 0.2) is 5.76 Å². The predicted molar refractivity (Wildman–Crippen MR) is 114 cm³/mol. The van der Waals surface area contributed by atoms with Crippen LogP contribution in [0.3, 0.4) is 0 Å². The van der Waals surface area contributed by atoms with Crippen molar-refractivity contribution in [2.75, 3.05) is 44.6 Å². The van der Waals surface area contributed by atoms with Gasteiger partial charge in [0, 0.05) is 31.1 Å². The molecular formula is C21H27N3O5S. The molecule has 2 amide bonds. The molecule has 1 saturated heterocycles. The molecule has 0 saturated carbocycles. The molecule has 2 aromatic heterocycles. The Morgan fingerprint density at radius 3 is 2.50 bits per heavy atom. The molecule has 0 bridgehead atoms. The number of anilines is 1. The molecule has 0 aromatic carbocycles. The van der Waals surface area contributed by atoms with E-state index in [-0.39, 0.29) is 25.0 Å². The van der Waals surface area contributed by atoms with Gasteiger partial charge >= 0.3 is 5.97 Å². The van der Waals surface area contributed by atoms with Crippen LogP contribution in [0.2, 0.25) is 0 Å². The van der Waals surface area contributed by atoms with Crippen LogP contribution in [0.4, 0.5) is 5.00 Å². The number of amides is 2. The molecule has 162 valence electrons. The molecule has 3 rings (SSSR count). The lowest BCUT2D eigenvalue weighted by Crippen LogP contribution is -2.50. The third-order valence-corrected chi connectivity index (χ3v) is 6.05. The molecule has 1 aliphatic rings. The first-order valence-electron chi connectivity index (χ1n) is 10.1. The number of nitrogens with zero attached hydrogens (tertiary/aromatic N) is 2. The molecule has 0 atom stereocenters. The first-order valence-corrected chi connectivity index (χ1v) is 10.9. The summed E-state index contributed by atoms with van der Waals surface area (Å²) >= 11 is 1.39. The highest BCUT2D eigenvalue weighted by atomic mass is 32.1. The van der Waals surface area contributed by atoms with Crippen molar-refractivity contribution in [2.45, 2.75) is 27.2 Å². The van der Waals surface area contributed by atoms with Crippen LogP contribution >= 0.6 is 11.3 Å². The fraction of sp³-hybridized carbons (Fsp3) is 0.476. The number of hydrogen-bond acceptors (Lipinski definition) is 7. The Labute approximate surface area is 179 Å². The van der Waals surface area contributed by atoms with Crippen molar-refractivity contribution < 1.29 is 23.5 Å². The zero-order valence-corrected chi connectivity index (χ0v) is 18.3. The van der Waals surface area contributed by atoms with Gasteiger partial charge in [0.1, 0.15) is 10.8 Å². The summed E-state index contributed by atoms with van der Waals surface area (Å²) < 4.78 is 10.5. The van der Waals surface area contributed by atoms with Crippen molar-refractivity contribution in [1.29, 1.82) is 0 Å². The van der Waals surface area contributed by atoms with Gasteiger partial charge in [-0.25, -0.2) is 4.79 Å². The Morgan fingerprint density at radius 1 is 1.17 bits per heavy atom. The van der Waals surface area contributed by atoms with E-state index in [2.05, 4.69) is 5.32 Å². The Kier molecular flexibility index (Phi) is 7.28. The van der Waals surface area contributed by atoms with Gasteiger partial charge in [-0.3, -0.25) is 14.5 Å². The van der Waals surface area contributed by atoms with E-state index >= 15 is 0 Å². The van der Waals surface area contributed by atoms with Crippen LogP contribution in [-0.2, 0) is 16.0 Å². The van der Waals surface area contributed by atoms with E-state index < -0.39 is 5.97 Å². The number of hydrogen-bond donors (Lipinski definition) is 1. The lowest BCUT2D eigenvalue weighted by Gasteiger charge is -2.33. The quantitative estimate of drug-likeness (QED) is 0.675. The molecule has 3 heterocycles. The van der Waals surface area contributed by atoms with E-state index in [4.69, 9.17) is 9.15 Å². The maximum Gasteiger partial charge on any atom is 0.341 e. The van der Waals surface area contributed by atoms with Crippen LogP contribution in [0, 0.1) is 6.92 Å². The Morgan fingerprint density at radius 2 is 1.90 bits per heavy atom. The molecular weight excluding hydrogens is 406 g/mol. The van der Waals surface area contributed by atoms with Crippen LogP contribution in [0.15, 0.2) is 22.6 Å². The summed E-state index contributed by atoms with van der Waals surface area (Å²) in [5, 5.41) is 3.38. The SMILES string of the molecule is CCOC(=O)c1cc(CC)sc1NC(=O)CN1CCN(C(=O)c2ccc(C)o2)CC1. The molecule has 0 unspecified atom stereocenters. The largest absolute Gasteiger partial charge is 0.462 e. The van der Waals surface area contributed by atoms with E-state index in [0.29, 0.717) is 48.3 Å². The van der Waals surface area contributed by atoms with Crippen LogP contribution in [0.25, 0.3) is 0 Å². The highest BCUT2D eigenvalue weighted by molar-refractivity contribution is 7.16. The Bertz CT molecular complexity index is 912. The number of piperazine rings is 1. The minimum absolute atomic E-state index is 0.128. The fourth-order valence-corrected chi connectivity index (χ4v) is 4.25. The second kappa shape index (κ2) is 9.90. The summed E-state index contributed by atoms with van der Waals surface area (Å²) in [7, 11) is 0. The molecule has 2 aromatic rings. The molecule has 8 nitrogen and oxygen atoms in total. The minimum Gasteiger partial charge on any atom is -0.462 e. The summed E-state index contributed by atoms with van der Waals surface area (Å²) in [6, 6.07) is 5.23. The maximum absolute atomic E-state index is 12.6. The molecule has 30 heavy (non-hydrogen) atoms. The summed E-state index contributed by atoms with van der Waals surface area (Å²) in [5.74, 6) is 0.303. The van der Waals surface area contributed by atoms with Crippen molar-refractivity contribution in [3.63, 3.8) is 0 Å². The van der Waals surface area contributed by atoms with Gasteiger partial charge in [0.2, 0.25) is 5.91 Å². The zero-order chi connectivity index (χ0) is 21.7. The third kappa shape index (κ3) is 5.28. The second-order valence-corrected chi connectivity index (χ2v) is 8.19. The van der Waals surface area contributed by atoms with Crippen molar-refractivity contribution in [1.82, 2.24) is 9.80 Å². The summed E-state index contributed by atoms with van der Waals surface area (Å²) in [5.41, 5.74) is 0.399. The smallest absolute Gasteiger partial charge is 0.341 e. The normalized spacial score (nSPS) is 14.6.